The molecule has 0 aromatic carbocycles. The van der Waals surface area contributed by atoms with Gasteiger partial charge in [-0.05, 0) is 12.1 Å². The average Bonchev–Trinajstić information content (AvgIpc) is 2.66. The first kappa shape index (κ1) is 12.4. The SMILES string of the molecule is O=C(O)CCc1cn2c(C(F)(F)F)cccc2n1. The van der Waals surface area contributed by atoms with E-state index in [1.54, 1.807) is 0 Å². The maximum absolute atomic E-state index is 12.7. The molecule has 2 aromatic heterocycles. The van der Waals surface area contributed by atoms with Gasteiger partial charge in [-0.1, -0.05) is 6.07 Å². The molecule has 0 saturated heterocycles. The predicted octanol–water partition coefficient (Wildman–Crippen LogP) is 2.37. The van der Waals surface area contributed by atoms with Crippen LogP contribution in [0.15, 0.2) is 24.4 Å². The Bertz CT molecular complexity index is 589. The van der Waals surface area contributed by atoms with Crippen molar-refractivity contribution in [2.24, 2.45) is 0 Å². The first-order valence-corrected chi connectivity index (χ1v) is 5.14. The monoisotopic (exact) mass is 258 g/mol. The molecule has 0 unspecified atom stereocenters. The van der Waals surface area contributed by atoms with Crippen LogP contribution in [0.2, 0.25) is 0 Å². The summed E-state index contributed by atoms with van der Waals surface area (Å²) in [5, 5.41) is 8.52. The molecule has 0 bridgehead atoms. The van der Waals surface area contributed by atoms with Crippen molar-refractivity contribution in [2.45, 2.75) is 19.0 Å². The topological polar surface area (TPSA) is 54.6 Å². The number of hydrogen-bond donors (Lipinski definition) is 1. The summed E-state index contributed by atoms with van der Waals surface area (Å²) in [5.74, 6) is -1.01. The van der Waals surface area contributed by atoms with Crippen LogP contribution >= 0.6 is 0 Å². The second-order valence-corrected chi connectivity index (χ2v) is 3.76. The summed E-state index contributed by atoms with van der Waals surface area (Å²) in [4.78, 5) is 14.4. The highest BCUT2D eigenvalue weighted by atomic mass is 19.4. The minimum Gasteiger partial charge on any atom is -0.481 e. The van der Waals surface area contributed by atoms with Gasteiger partial charge in [-0.25, -0.2) is 4.98 Å². The lowest BCUT2D eigenvalue weighted by Gasteiger charge is -2.08. The van der Waals surface area contributed by atoms with E-state index in [0.717, 1.165) is 10.5 Å². The number of pyridine rings is 1. The third-order valence-corrected chi connectivity index (χ3v) is 2.43. The van der Waals surface area contributed by atoms with Crippen LogP contribution in [-0.2, 0) is 17.4 Å². The maximum atomic E-state index is 12.7. The van der Waals surface area contributed by atoms with Gasteiger partial charge in [0.1, 0.15) is 11.3 Å². The molecule has 2 aromatic rings. The largest absolute Gasteiger partial charge is 0.481 e. The molecular formula is C11H9F3N2O2. The van der Waals surface area contributed by atoms with E-state index >= 15 is 0 Å². The molecule has 0 aliphatic rings. The van der Waals surface area contributed by atoms with Gasteiger partial charge in [0.25, 0.3) is 0 Å². The zero-order valence-electron chi connectivity index (χ0n) is 9.11. The standard InChI is InChI=1S/C11H9F3N2O2/c12-11(13,14)8-2-1-3-9-15-7(6-16(8)9)4-5-10(17)18/h1-3,6H,4-5H2,(H,17,18). The van der Waals surface area contributed by atoms with Gasteiger partial charge in [0.2, 0.25) is 0 Å². The Kier molecular flexibility index (Phi) is 2.98. The van der Waals surface area contributed by atoms with Crippen LogP contribution in [0.4, 0.5) is 13.2 Å². The van der Waals surface area contributed by atoms with Gasteiger partial charge >= 0.3 is 12.1 Å². The number of rotatable bonds is 3. The fourth-order valence-electron chi connectivity index (χ4n) is 1.65. The van der Waals surface area contributed by atoms with E-state index in [1.807, 2.05) is 0 Å². The van der Waals surface area contributed by atoms with Crippen molar-refractivity contribution in [3.05, 3.63) is 35.8 Å². The Morgan fingerprint density at radius 3 is 2.72 bits per heavy atom. The van der Waals surface area contributed by atoms with Crippen LogP contribution in [0.5, 0.6) is 0 Å². The van der Waals surface area contributed by atoms with Gasteiger partial charge < -0.3 is 5.11 Å². The molecule has 2 heterocycles. The molecule has 96 valence electrons. The minimum atomic E-state index is -4.47. The highest BCUT2D eigenvalue weighted by molar-refractivity contribution is 5.67. The summed E-state index contributed by atoms with van der Waals surface area (Å²) in [5.41, 5.74) is -0.339. The van der Waals surface area contributed by atoms with Crippen LogP contribution < -0.4 is 0 Å². The molecule has 0 saturated carbocycles. The van der Waals surface area contributed by atoms with Crippen molar-refractivity contribution in [3.63, 3.8) is 0 Å². The van der Waals surface area contributed by atoms with Crippen LogP contribution in [0.1, 0.15) is 17.8 Å². The van der Waals surface area contributed by atoms with E-state index in [0.29, 0.717) is 5.69 Å². The zero-order chi connectivity index (χ0) is 13.3. The predicted molar refractivity (Wildman–Crippen MR) is 56.2 cm³/mol. The molecule has 0 amide bonds. The van der Waals surface area contributed by atoms with Crippen molar-refractivity contribution in [1.82, 2.24) is 9.38 Å². The van der Waals surface area contributed by atoms with E-state index < -0.39 is 17.8 Å². The van der Waals surface area contributed by atoms with Gasteiger partial charge in [-0.15, -0.1) is 0 Å². The summed E-state index contributed by atoms with van der Waals surface area (Å²) in [7, 11) is 0. The Labute approximate surface area is 99.7 Å². The fourth-order valence-corrected chi connectivity index (χ4v) is 1.65. The Balaban J connectivity index is 2.42. The lowest BCUT2D eigenvalue weighted by Crippen LogP contribution is -2.10. The Hall–Kier alpha value is -2.05. The van der Waals surface area contributed by atoms with E-state index in [-0.39, 0.29) is 18.5 Å². The molecule has 18 heavy (non-hydrogen) atoms. The van der Waals surface area contributed by atoms with Crippen LogP contribution in [0, 0.1) is 0 Å². The Morgan fingerprint density at radius 2 is 2.11 bits per heavy atom. The number of carbonyl (C=O) groups is 1. The lowest BCUT2D eigenvalue weighted by atomic mass is 10.2. The summed E-state index contributed by atoms with van der Waals surface area (Å²) >= 11 is 0. The van der Waals surface area contributed by atoms with Crippen molar-refractivity contribution < 1.29 is 23.1 Å². The number of aliphatic carboxylic acids is 1. The van der Waals surface area contributed by atoms with E-state index in [2.05, 4.69) is 4.98 Å². The highest BCUT2D eigenvalue weighted by Crippen LogP contribution is 2.29. The van der Waals surface area contributed by atoms with Gasteiger partial charge in [0, 0.05) is 12.6 Å². The number of aryl methyl sites for hydroxylation is 1. The second-order valence-electron chi connectivity index (χ2n) is 3.76. The quantitative estimate of drug-likeness (QED) is 0.919. The first-order chi connectivity index (χ1) is 8.38. The summed E-state index contributed by atoms with van der Waals surface area (Å²) in [6.07, 6.45) is -3.30. The average molecular weight is 258 g/mol. The van der Waals surface area contributed by atoms with Gasteiger partial charge in [0.15, 0.2) is 0 Å². The maximum Gasteiger partial charge on any atom is 0.431 e. The van der Waals surface area contributed by atoms with Crippen LogP contribution in [0.25, 0.3) is 5.65 Å². The number of nitrogens with zero attached hydrogens (tertiary/aromatic N) is 2. The molecule has 0 aliphatic carbocycles. The number of aromatic nitrogens is 2. The van der Waals surface area contributed by atoms with E-state index in [4.69, 9.17) is 5.11 Å². The van der Waals surface area contributed by atoms with Crippen molar-refractivity contribution >= 4 is 11.6 Å². The van der Waals surface area contributed by atoms with Crippen molar-refractivity contribution in [2.75, 3.05) is 0 Å². The zero-order valence-corrected chi connectivity index (χ0v) is 9.11. The summed E-state index contributed by atoms with van der Waals surface area (Å²) < 4.78 is 39.0. The first-order valence-electron chi connectivity index (χ1n) is 5.14. The van der Waals surface area contributed by atoms with Crippen LogP contribution in [0.3, 0.4) is 0 Å². The normalized spacial score (nSPS) is 11.9. The third-order valence-electron chi connectivity index (χ3n) is 2.43. The number of imidazole rings is 1. The van der Waals surface area contributed by atoms with Crippen molar-refractivity contribution in [3.8, 4) is 0 Å². The van der Waals surface area contributed by atoms with Crippen molar-refractivity contribution in [1.29, 1.82) is 0 Å². The van der Waals surface area contributed by atoms with E-state index in [9.17, 15) is 18.0 Å². The van der Waals surface area contributed by atoms with Crippen LogP contribution in [-0.4, -0.2) is 20.5 Å². The van der Waals surface area contributed by atoms with Gasteiger partial charge in [-0.3, -0.25) is 9.20 Å². The molecule has 0 fully saturated rings. The third kappa shape index (κ3) is 2.44. The molecule has 1 N–H and O–H groups in total. The number of alkyl halides is 3. The summed E-state index contributed by atoms with van der Waals surface area (Å²) in [6, 6.07) is 3.67. The fraction of sp³-hybridized carbons (Fsp3) is 0.273. The molecule has 0 radical (unpaired) electrons. The summed E-state index contributed by atoms with van der Waals surface area (Å²) in [6.45, 7) is 0. The molecule has 0 spiro atoms. The molecule has 4 nitrogen and oxygen atoms in total. The lowest BCUT2D eigenvalue weighted by molar-refractivity contribution is -0.142. The van der Waals surface area contributed by atoms with Gasteiger partial charge in [0.05, 0.1) is 12.1 Å². The number of halogens is 3. The highest BCUT2D eigenvalue weighted by Gasteiger charge is 2.33. The molecular weight excluding hydrogens is 249 g/mol. The number of carboxylic acids is 1. The molecule has 2 rings (SSSR count). The minimum absolute atomic E-state index is 0.105. The smallest absolute Gasteiger partial charge is 0.431 e. The number of carboxylic acid groups (broad SMARTS) is 1. The number of fused-ring (bicyclic) bond motifs is 1. The Morgan fingerprint density at radius 1 is 1.39 bits per heavy atom. The van der Waals surface area contributed by atoms with E-state index in [1.165, 1.54) is 18.3 Å². The number of hydrogen-bond acceptors (Lipinski definition) is 2. The molecule has 7 heteroatoms. The molecule has 0 aliphatic heterocycles. The molecule has 0 atom stereocenters. The second kappa shape index (κ2) is 4.32. The van der Waals surface area contributed by atoms with Gasteiger partial charge in [-0.2, -0.15) is 13.2 Å².